The van der Waals surface area contributed by atoms with Gasteiger partial charge in [-0.15, -0.1) is 0 Å². The highest BCUT2D eigenvalue weighted by atomic mass is 32.1. The average Bonchev–Trinajstić information content (AvgIpc) is 3.32. The Morgan fingerprint density at radius 3 is 2.32 bits per heavy atom. The van der Waals surface area contributed by atoms with Gasteiger partial charge >= 0.3 is 0 Å². The Morgan fingerprint density at radius 1 is 0.968 bits per heavy atom. The molecule has 0 amide bonds. The molecule has 1 N–H and O–H groups in total. The number of methoxy groups -OCH3 is 3. The van der Waals surface area contributed by atoms with Crippen molar-refractivity contribution in [1.29, 1.82) is 0 Å². The summed E-state index contributed by atoms with van der Waals surface area (Å²) in [6.07, 6.45) is 4.65. The zero-order chi connectivity index (χ0) is 22.2. The second kappa shape index (κ2) is 11.1. The Hall–Kier alpha value is -2.67. The Morgan fingerprint density at radius 2 is 1.68 bits per heavy atom. The summed E-state index contributed by atoms with van der Waals surface area (Å²) in [4.78, 5) is 2.26. The fourth-order valence-corrected chi connectivity index (χ4v) is 4.42. The van der Waals surface area contributed by atoms with Crippen LogP contribution < -0.4 is 24.3 Å². The molecule has 0 atom stereocenters. The van der Waals surface area contributed by atoms with Crippen molar-refractivity contribution in [2.75, 3.05) is 33.3 Å². The van der Waals surface area contributed by atoms with Crippen LogP contribution in [0.2, 0.25) is 0 Å². The summed E-state index contributed by atoms with van der Waals surface area (Å²) < 4.78 is 22.5. The highest BCUT2D eigenvalue weighted by Crippen LogP contribution is 2.41. The van der Waals surface area contributed by atoms with Gasteiger partial charge in [-0.2, -0.15) is 0 Å². The molecule has 0 aromatic heterocycles. The van der Waals surface area contributed by atoms with Gasteiger partial charge in [-0.1, -0.05) is 25.0 Å². The van der Waals surface area contributed by atoms with E-state index in [4.69, 9.17) is 31.2 Å². The molecule has 2 aromatic carbocycles. The first-order valence-corrected chi connectivity index (χ1v) is 11.1. The molecule has 0 bridgehead atoms. The predicted octanol–water partition coefficient (Wildman–Crippen LogP) is 5.25. The third-order valence-electron chi connectivity index (χ3n) is 5.58. The second-order valence-corrected chi connectivity index (χ2v) is 7.81. The maximum absolute atomic E-state index is 5.89. The molecule has 1 fully saturated rings. The van der Waals surface area contributed by atoms with Crippen LogP contribution >= 0.6 is 12.2 Å². The highest BCUT2D eigenvalue weighted by molar-refractivity contribution is 7.80. The summed E-state index contributed by atoms with van der Waals surface area (Å²) >= 11 is 5.89. The Labute approximate surface area is 190 Å². The van der Waals surface area contributed by atoms with E-state index in [1.54, 1.807) is 21.3 Å². The summed E-state index contributed by atoms with van der Waals surface area (Å²) in [5.41, 5.74) is 1.87. The number of benzene rings is 2. The third-order valence-corrected chi connectivity index (χ3v) is 5.92. The number of anilines is 1. The number of ether oxygens (including phenoxy) is 4. The van der Waals surface area contributed by atoms with Gasteiger partial charge in [-0.05, 0) is 56.2 Å². The smallest absolute Gasteiger partial charge is 0.203 e. The van der Waals surface area contributed by atoms with Gasteiger partial charge in [-0.3, -0.25) is 0 Å². The fraction of sp³-hybridized carbons (Fsp3) is 0.458. The van der Waals surface area contributed by atoms with Gasteiger partial charge in [0.25, 0.3) is 0 Å². The number of hydrogen-bond acceptors (Lipinski definition) is 5. The molecule has 31 heavy (non-hydrogen) atoms. The molecule has 6 nitrogen and oxygen atoms in total. The lowest BCUT2D eigenvalue weighted by Crippen LogP contribution is -2.41. The summed E-state index contributed by atoms with van der Waals surface area (Å²) in [5.74, 6) is 2.70. The fourth-order valence-electron chi connectivity index (χ4n) is 4.09. The maximum atomic E-state index is 5.89. The molecule has 168 valence electrons. The van der Waals surface area contributed by atoms with Crippen LogP contribution in [0.1, 0.15) is 38.2 Å². The zero-order valence-corrected chi connectivity index (χ0v) is 19.6. The van der Waals surface area contributed by atoms with E-state index in [-0.39, 0.29) is 0 Å². The second-order valence-electron chi connectivity index (χ2n) is 7.42. The molecule has 0 heterocycles. The number of para-hydroxylation sites is 2. The predicted molar refractivity (Wildman–Crippen MR) is 128 cm³/mol. The SMILES string of the molecule is CCOc1ccccc1NC(=S)N(Cc1ccc(OC)c(OC)c1OC)C1CCCC1. The van der Waals surface area contributed by atoms with Crippen molar-refractivity contribution in [3.63, 3.8) is 0 Å². The molecule has 0 spiro atoms. The van der Waals surface area contributed by atoms with E-state index in [2.05, 4.69) is 10.2 Å². The van der Waals surface area contributed by atoms with E-state index in [1.165, 1.54) is 12.8 Å². The lowest BCUT2D eigenvalue weighted by atomic mass is 10.1. The van der Waals surface area contributed by atoms with Crippen molar-refractivity contribution < 1.29 is 18.9 Å². The number of hydrogen-bond donors (Lipinski definition) is 1. The minimum absolute atomic E-state index is 0.372. The third kappa shape index (κ3) is 5.34. The summed E-state index contributed by atoms with van der Waals surface area (Å²) in [6.45, 7) is 3.18. The number of rotatable bonds is 9. The Kier molecular flexibility index (Phi) is 8.23. The number of thiocarbonyl (C=S) groups is 1. The van der Waals surface area contributed by atoms with Gasteiger partial charge in [0.05, 0.1) is 33.6 Å². The largest absolute Gasteiger partial charge is 0.493 e. The lowest BCUT2D eigenvalue weighted by Gasteiger charge is -2.32. The maximum Gasteiger partial charge on any atom is 0.203 e. The van der Waals surface area contributed by atoms with E-state index in [1.807, 2.05) is 43.3 Å². The van der Waals surface area contributed by atoms with E-state index in [9.17, 15) is 0 Å². The van der Waals surface area contributed by atoms with Crippen LogP contribution in [0, 0.1) is 0 Å². The van der Waals surface area contributed by atoms with Crippen molar-refractivity contribution >= 4 is 23.0 Å². The highest BCUT2D eigenvalue weighted by Gasteiger charge is 2.27. The number of nitrogens with zero attached hydrogens (tertiary/aromatic N) is 1. The summed E-state index contributed by atoms with van der Waals surface area (Å²) in [6, 6.07) is 12.2. The zero-order valence-electron chi connectivity index (χ0n) is 18.8. The number of nitrogens with one attached hydrogen (secondary N) is 1. The van der Waals surface area contributed by atoms with Gasteiger partial charge < -0.3 is 29.2 Å². The molecule has 0 saturated heterocycles. The molecule has 3 rings (SSSR count). The van der Waals surface area contributed by atoms with E-state index < -0.39 is 0 Å². The van der Waals surface area contributed by atoms with Crippen LogP contribution in [0.3, 0.4) is 0 Å². The molecule has 0 unspecified atom stereocenters. The van der Waals surface area contributed by atoms with Crippen LogP contribution in [0.5, 0.6) is 23.0 Å². The molecule has 7 heteroatoms. The van der Waals surface area contributed by atoms with Crippen molar-refractivity contribution in [3.8, 4) is 23.0 Å². The van der Waals surface area contributed by atoms with Gasteiger partial charge in [0.2, 0.25) is 5.75 Å². The molecule has 1 aliphatic carbocycles. The molecule has 0 radical (unpaired) electrons. The quantitative estimate of drug-likeness (QED) is 0.530. The lowest BCUT2D eigenvalue weighted by molar-refractivity contribution is 0.294. The first kappa shape index (κ1) is 23.0. The molecular weight excluding hydrogens is 412 g/mol. The van der Waals surface area contributed by atoms with Crippen LogP contribution in [-0.4, -0.2) is 44.0 Å². The average molecular weight is 445 g/mol. The van der Waals surface area contributed by atoms with Crippen LogP contribution in [0.4, 0.5) is 5.69 Å². The van der Waals surface area contributed by atoms with Gasteiger partial charge in [0.15, 0.2) is 16.6 Å². The van der Waals surface area contributed by atoms with Crippen LogP contribution in [0.25, 0.3) is 0 Å². The topological polar surface area (TPSA) is 52.2 Å². The molecular formula is C24H32N2O4S. The van der Waals surface area contributed by atoms with E-state index >= 15 is 0 Å². The van der Waals surface area contributed by atoms with E-state index in [0.29, 0.717) is 41.6 Å². The standard InChI is InChI=1S/C24H32N2O4S/c1-5-30-20-13-9-8-12-19(20)25-24(31)26(18-10-6-7-11-18)16-17-14-15-21(27-2)23(29-4)22(17)28-3/h8-9,12-15,18H,5-7,10-11,16H2,1-4H3,(H,25,31). The minimum atomic E-state index is 0.372. The van der Waals surface area contributed by atoms with E-state index in [0.717, 1.165) is 29.8 Å². The Balaban J connectivity index is 1.90. The summed E-state index contributed by atoms with van der Waals surface area (Å²) in [7, 11) is 4.89. The molecule has 0 aliphatic heterocycles. The van der Waals surface area contributed by atoms with Crippen molar-refractivity contribution in [3.05, 3.63) is 42.0 Å². The van der Waals surface area contributed by atoms with Crippen molar-refractivity contribution in [2.45, 2.75) is 45.2 Å². The van der Waals surface area contributed by atoms with Crippen molar-refractivity contribution in [1.82, 2.24) is 4.90 Å². The van der Waals surface area contributed by atoms with Crippen LogP contribution in [0.15, 0.2) is 36.4 Å². The van der Waals surface area contributed by atoms with Crippen LogP contribution in [-0.2, 0) is 6.54 Å². The molecule has 1 aliphatic rings. The van der Waals surface area contributed by atoms with Gasteiger partial charge in [0, 0.05) is 18.2 Å². The Bertz CT molecular complexity index is 884. The normalized spacial score (nSPS) is 13.5. The molecule has 1 saturated carbocycles. The van der Waals surface area contributed by atoms with Gasteiger partial charge in [0.1, 0.15) is 5.75 Å². The first-order valence-electron chi connectivity index (χ1n) is 10.7. The minimum Gasteiger partial charge on any atom is -0.493 e. The molecule has 2 aromatic rings. The first-order chi connectivity index (χ1) is 15.1. The van der Waals surface area contributed by atoms with Crippen molar-refractivity contribution in [2.24, 2.45) is 0 Å². The van der Waals surface area contributed by atoms with Gasteiger partial charge in [-0.25, -0.2) is 0 Å². The monoisotopic (exact) mass is 444 g/mol. The summed E-state index contributed by atoms with van der Waals surface area (Å²) in [5, 5.41) is 4.09.